The molecule has 7 nitrogen and oxygen atoms in total. The number of carboxylic acid groups (broad SMARTS) is 1. The van der Waals surface area contributed by atoms with Gasteiger partial charge in [0.15, 0.2) is 5.41 Å². The third-order valence-corrected chi connectivity index (χ3v) is 2.72. The average molecular weight is 271 g/mol. The summed E-state index contributed by atoms with van der Waals surface area (Å²) in [6, 6.07) is 2.36. The Morgan fingerprint density at radius 2 is 2.05 bits per heavy atom. The number of carbonyl (C=O) groups excluding carboxylic acids is 1. The fourth-order valence-corrected chi connectivity index (χ4v) is 1.54. The third-order valence-electron chi connectivity index (χ3n) is 2.72. The van der Waals surface area contributed by atoms with Crippen molar-refractivity contribution >= 4 is 17.6 Å². The summed E-state index contributed by atoms with van der Waals surface area (Å²) in [5.74, 6) is -3.95. The van der Waals surface area contributed by atoms with E-state index >= 15 is 0 Å². The standard InChI is InChI=1S/C11H10FNO6/c1-11(9(14)15,10(16)19-2)7-4-3-6(13(17)18)5-8(7)12/h3-5H,1-2H3,(H,14,15). The second-order valence-electron chi connectivity index (χ2n) is 3.84. The molecule has 0 saturated heterocycles. The van der Waals surface area contributed by atoms with Gasteiger partial charge in [-0.15, -0.1) is 0 Å². The van der Waals surface area contributed by atoms with Crippen molar-refractivity contribution < 1.29 is 28.7 Å². The van der Waals surface area contributed by atoms with Crippen LogP contribution in [0, 0.1) is 15.9 Å². The van der Waals surface area contributed by atoms with E-state index in [9.17, 15) is 24.1 Å². The predicted molar refractivity (Wildman–Crippen MR) is 60.1 cm³/mol. The zero-order valence-corrected chi connectivity index (χ0v) is 10.0. The van der Waals surface area contributed by atoms with Crippen LogP contribution < -0.4 is 0 Å². The molecule has 0 saturated carbocycles. The van der Waals surface area contributed by atoms with E-state index in [0.717, 1.165) is 26.2 Å². The maximum Gasteiger partial charge on any atom is 0.327 e. The number of aliphatic carboxylic acids is 1. The van der Waals surface area contributed by atoms with Gasteiger partial charge in [-0.05, 0) is 13.0 Å². The summed E-state index contributed by atoms with van der Waals surface area (Å²) in [5, 5.41) is 19.6. The number of nitro benzene ring substituents is 1. The zero-order chi connectivity index (χ0) is 14.8. The van der Waals surface area contributed by atoms with Crippen molar-refractivity contribution in [1.82, 2.24) is 0 Å². The Morgan fingerprint density at radius 1 is 1.47 bits per heavy atom. The molecule has 0 heterocycles. The molecule has 8 heteroatoms. The number of hydrogen-bond donors (Lipinski definition) is 1. The van der Waals surface area contributed by atoms with Crippen LogP contribution in [-0.2, 0) is 19.7 Å². The van der Waals surface area contributed by atoms with Gasteiger partial charge in [-0.25, -0.2) is 4.39 Å². The SMILES string of the molecule is COC(=O)C(C)(C(=O)O)c1ccc([N+](=O)[O-])cc1F. The highest BCUT2D eigenvalue weighted by Crippen LogP contribution is 2.30. The van der Waals surface area contributed by atoms with Gasteiger partial charge in [0.05, 0.1) is 18.1 Å². The Bertz CT molecular complexity index is 558. The van der Waals surface area contributed by atoms with E-state index in [1.807, 2.05) is 0 Å². The van der Waals surface area contributed by atoms with Crippen LogP contribution >= 0.6 is 0 Å². The van der Waals surface area contributed by atoms with E-state index in [1.54, 1.807) is 0 Å². The lowest BCUT2D eigenvalue weighted by molar-refractivity contribution is -0.385. The number of benzene rings is 1. The van der Waals surface area contributed by atoms with Gasteiger partial charge in [0, 0.05) is 11.6 Å². The predicted octanol–water partition coefficient (Wildman–Crippen LogP) is 1.25. The first kappa shape index (κ1) is 14.6. The monoisotopic (exact) mass is 271 g/mol. The van der Waals surface area contributed by atoms with Gasteiger partial charge in [0.25, 0.3) is 5.69 Å². The summed E-state index contributed by atoms with van der Waals surface area (Å²) in [4.78, 5) is 32.4. The molecule has 0 fully saturated rings. The molecule has 0 amide bonds. The van der Waals surface area contributed by atoms with Crippen molar-refractivity contribution in [3.05, 3.63) is 39.7 Å². The lowest BCUT2D eigenvalue weighted by Crippen LogP contribution is -2.42. The molecule has 1 aromatic rings. The highest BCUT2D eigenvalue weighted by molar-refractivity contribution is 6.05. The summed E-state index contributed by atoms with van der Waals surface area (Å²) in [6.45, 7) is 0.964. The van der Waals surface area contributed by atoms with Gasteiger partial charge >= 0.3 is 11.9 Å². The molecule has 0 aliphatic rings. The Labute approximate surface area is 106 Å². The molecule has 1 aromatic carbocycles. The summed E-state index contributed by atoms with van der Waals surface area (Å²) in [7, 11) is 0.965. The molecule has 0 aliphatic carbocycles. The van der Waals surface area contributed by atoms with Crippen molar-refractivity contribution in [2.75, 3.05) is 7.11 Å². The first-order chi connectivity index (χ1) is 8.75. The fraction of sp³-hybridized carbons (Fsp3) is 0.273. The van der Waals surface area contributed by atoms with Crippen LogP contribution in [0.3, 0.4) is 0 Å². The maximum absolute atomic E-state index is 13.8. The van der Waals surface area contributed by atoms with E-state index in [1.165, 1.54) is 0 Å². The molecule has 0 aromatic heterocycles. The molecule has 1 N–H and O–H groups in total. The Kier molecular flexibility index (Phi) is 3.83. The van der Waals surface area contributed by atoms with E-state index in [4.69, 9.17) is 5.11 Å². The number of nitrogens with zero attached hydrogens (tertiary/aromatic N) is 1. The van der Waals surface area contributed by atoms with Crippen LogP contribution in [-0.4, -0.2) is 29.1 Å². The molecule has 1 rings (SSSR count). The molecule has 0 aliphatic heterocycles. The topological polar surface area (TPSA) is 107 Å². The van der Waals surface area contributed by atoms with Crippen LogP contribution in [0.1, 0.15) is 12.5 Å². The lowest BCUT2D eigenvalue weighted by atomic mass is 9.82. The molecule has 19 heavy (non-hydrogen) atoms. The largest absolute Gasteiger partial charge is 0.480 e. The van der Waals surface area contributed by atoms with Crippen molar-refractivity contribution in [1.29, 1.82) is 0 Å². The first-order valence-electron chi connectivity index (χ1n) is 5.01. The number of carbonyl (C=O) groups is 2. The maximum atomic E-state index is 13.8. The second kappa shape index (κ2) is 5.01. The average Bonchev–Trinajstić information content (AvgIpc) is 2.36. The summed E-state index contributed by atoms with van der Waals surface area (Å²) >= 11 is 0. The van der Waals surface area contributed by atoms with Crippen LogP contribution in [0.25, 0.3) is 0 Å². The van der Waals surface area contributed by atoms with Crippen molar-refractivity contribution in [3.8, 4) is 0 Å². The van der Waals surface area contributed by atoms with Gasteiger partial charge in [-0.2, -0.15) is 0 Å². The molecule has 1 unspecified atom stereocenters. The Balaban J connectivity index is 3.45. The molecule has 0 radical (unpaired) electrons. The number of hydrogen-bond acceptors (Lipinski definition) is 5. The van der Waals surface area contributed by atoms with E-state index in [0.29, 0.717) is 6.07 Å². The lowest BCUT2D eigenvalue weighted by Gasteiger charge is -2.22. The van der Waals surface area contributed by atoms with Crippen LogP contribution in [0.5, 0.6) is 0 Å². The van der Waals surface area contributed by atoms with Gasteiger partial charge in [0.2, 0.25) is 0 Å². The molecular weight excluding hydrogens is 261 g/mol. The minimum Gasteiger partial charge on any atom is -0.480 e. The molecule has 102 valence electrons. The Hall–Kier alpha value is -2.51. The quantitative estimate of drug-likeness (QED) is 0.382. The smallest absolute Gasteiger partial charge is 0.327 e. The minimum atomic E-state index is -2.27. The number of rotatable bonds is 4. The number of esters is 1. The normalized spacial score (nSPS) is 13.4. The third kappa shape index (κ3) is 2.37. The van der Waals surface area contributed by atoms with Crippen molar-refractivity contribution in [2.45, 2.75) is 12.3 Å². The van der Waals surface area contributed by atoms with Gasteiger partial charge in [0.1, 0.15) is 5.82 Å². The molecule has 1 atom stereocenters. The van der Waals surface area contributed by atoms with Gasteiger partial charge in [-0.1, -0.05) is 0 Å². The number of halogens is 1. The number of non-ortho nitro benzene ring substituents is 1. The van der Waals surface area contributed by atoms with Crippen LogP contribution in [0.15, 0.2) is 18.2 Å². The summed E-state index contributed by atoms with van der Waals surface area (Å²) in [5.41, 5.74) is -3.31. The van der Waals surface area contributed by atoms with Gasteiger partial charge in [-0.3, -0.25) is 19.7 Å². The number of carboxylic acids is 1. The summed E-state index contributed by atoms with van der Waals surface area (Å²) < 4.78 is 18.1. The van der Waals surface area contributed by atoms with Crippen molar-refractivity contribution in [3.63, 3.8) is 0 Å². The van der Waals surface area contributed by atoms with Crippen LogP contribution in [0.2, 0.25) is 0 Å². The van der Waals surface area contributed by atoms with E-state index in [-0.39, 0.29) is 0 Å². The molecular formula is C11H10FNO6. The summed E-state index contributed by atoms with van der Waals surface area (Å²) in [6.07, 6.45) is 0. The highest BCUT2D eigenvalue weighted by Gasteiger charge is 2.46. The fourth-order valence-electron chi connectivity index (χ4n) is 1.54. The molecule has 0 bridgehead atoms. The van der Waals surface area contributed by atoms with Gasteiger partial charge < -0.3 is 9.84 Å². The van der Waals surface area contributed by atoms with E-state index < -0.39 is 39.3 Å². The highest BCUT2D eigenvalue weighted by atomic mass is 19.1. The number of nitro groups is 1. The number of methoxy groups -OCH3 is 1. The van der Waals surface area contributed by atoms with Crippen molar-refractivity contribution in [2.24, 2.45) is 0 Å². The zero-order valence-electron chi connectivity index (χ0n) is 10.0. The second-order valence-corrected chi connectivity index (χ2v) is 3.84. The van der Waals surface area contributed by atoms with Crippen LogP contribution in [0.4, 0.5) is 10.1 Å². The first-order valence-corrected chi connectivity index (χ1v) is 5.01. The molecule has 0 spiro atoms. The minimum absolute atomic E-state index is 0.502. The number of ether oxygens (including phenoxy) is 1. The van der Waals surface area contributed by atoms with E-state index in [2.05, 4.69) is 4.74 Å². The Morgan fingerprint density at radius 3 is 2.42 bits per heavy atom.